The Hall–Kier alpha value is -2.05. The lowest BCUT2D eigenvalue weighted by Gasteiger charge is -2.10. The minimum atomic E-state index is -4.80. The van der Waals surface area contributed by atoms with E-state index < -0.39 is 18.7 Å². The van der Waals surface area contributed by atoms with E-state index in [1.165, 1.54) is 24.3 Å². The third-order valence-corrected chi connectivity index (χ3v) is 2.24. The van der Waals surface area contributed by atoms with Crippen molar-refractivity contribution in [2.45, 2.75) is 13.0 Å². The first-order valence-electron chi connectivity index (χ1n) is 5.08. The Morgan fingerprint density at radius 1 is 0.842 bits per heavy atom. The zero-order valence-electron chi connectivity index (χ0n) is 9.25. The van der Waals surface area contributed by atoms with E-state index in [2.05, 4.69) is 9.47 Å². The van der Waals surface area contributed by atoms with Gasteiger partial charge in [0.25, 0.3) is 0 Å². The van der Waals surface area contributed by atoms with Gasteiger partial charge in [-0.2, -0.15) is 8.78 Å². The van der Waals surface area contributed by atoms with E-state index in [0.717, 1.165) is 12.1 Å². The topological polar surface area (TPSA) is 18.5 Å². The highest BCUT2D eigenvalue weighted by atomic mass is 19.4. The van der Waals surface area contributed by atoms with Crippen molar-refractivity contribution in [1.82, 2.24) is 0 Å². The molecule has 0 atom stereocenters. The normalized spacial score (nSPS) is 11.9. The maximum absolute atomic E-state index is 12.0. The van der Waals surface area contributed by atoms with E-state index in [9.17, 15) is 22.0 Å². The predicted molar refractivity (Wildman–Crippen MR) is 57.3 cm³/mol. The number of alkyl halides is 5. The van der Waals surface area contributed by atoms with Gasteiger partial charge in [-0.05, 0) is 35.0 Å². The van der Waals surface area contributed by atoms with Gasteiger partial charge in [-0.15, -0.1) is 13.2 Å². The first-order chi connectivity index (χ1) is 8.83. The summed E-state index contributed by atoms with van der Waals surface area (Å²) in [6.45, 7) is -2.99. The van der Waals surface area contributed by atoms with Crippen LogP contribution >= 0.6 is 0 Å². The van der Waals surface area contributed by atoms with Gasteiger partial charge in [0.15, 0.2) is 0 Å². The lowest BCUT2D eigenvalue weighted by Crippen LogP contribution is -2.16. The molecule has 7 heteroatoms. The minimum Gasteiger partial charge on any atom is -0.435 e. The van der Waals surface area contributed by atoms with E-state index in [1.807, 2.05) is 0 Å². The van der Waals surface area contributed by atoms with Crippen LogP contribution in [-0.4, -0.2) is 13.0 Å². The van der Waals surface area contributed by atoms with Crippen molar-refractivity contribution in [3.05, 3.63) is 36.4 Å². The fourth-order valence-corrected chi connectivity index (χ4v) is 1.58. The van der Waals surface area contributed by atoms with E-state index in [-0.39, 0.29) is 5.75 Å². The second kappa shape index (κ2) is 4.91. The van der Waals surface area contributed by atoms with Crippen molar-refractivity contribution in [3.63, 3.8) is 0 Å². The molecule has 0 aliphatic carbocycles. The number of hydrogen-bond donors (Lipinski definition) is 0. The average Bonchev–Trinajstić information content (AvgIpc) is 2.25. The smallest absolute Gasteiger partial charge is 0.435 e. The molecule has 0 aliphatic heterocycles. The number of ether oxygens (including phenoxy) is 2. The molecule has 0 fully saturated rings. The summed E-state index contributed by atoms with van der Waals surface area (Å²) < 4.78 is 68.1. The maximum Gasteiger partial charge on any atom is 0.573 e. The molecule has 0 radical (unpaired) electrons. The van der Waals surface area contributed by atoms with E-state index in [1.54, 1.807) is 0 Å². The van der Waals surface area contributed by atoms with Crippen molar-refractivity contribution in [2.75, 3.05) is 0 Å². The molecule has 102 valence electrons. The van der Waals surface area contributed by atoms with Crippen LogP contribution in [0, 0.1) is 0 Å². The highest BCUT2D eigenvalue weighted by Gasteiger charge is 2.31. The third-order valence-electron chi connectivity index (χ3n) is 2.24. The molecule has 2 nitrogen and oxygen atoms in total. The quantitative estimate of drug-likeness (QED) is 0.777. The summed E-state index contributed by atoms with van der Waals surface area (Å²) in [6, 6.07) is 7.61. The van der Waals surface area contributed by atoms with Crippen LogP contribution in [0.2, 0.25) is 0 Å². The molecule has 0 bridgehead atoms. The summed E-state index contributed by atoms with van der Waals surface area (Å²) in [7, 11) is 0. The van der Waals surface area contributed by atoms with Gasteiger partial charge in [-0.25, -0.2) is 0 Å². The first-order valence-corrected chi connectivity index (χ1v) is 5.08. The fourth-order valence-electron chi connectivity index (χ4n) is 1.58. The maximum atomic E-state index is 12.0. The van der Waals surface area contributed by atoms with Crippen molar-refractivity contribution >= 4 is 10.8 Å². The van der Waals surface area contributed by atoms with Crippen molar-refractivity contribution in [2.24, 2.45) is 0 Å². The Morgan fingerprint density at radius 2 is 1.42 bits per heavy atom. The van der Waals surface area contributed by atoms with Gasteiger partial charge in [-0.3, -0.25) is 0 Å². The van der Waals surface area contributed by atoms with Gasteiger partial charge >= 0.3 is 13.0 Å². The number of halogens is 5. The molecule has 0 saturated carbocycles. The van der Waals surface area contributed by atoms with E-state index in [0.29, 0.717) is 10.8 Å². The van der Waals surface area contributed by atoms with Crippen molar-refractivity contribution in [1.29, 1.82) is 0 Å². The lowest BCUT2D eigenvalue weighted by molar-refractivity contribution is -0.274. The summed E-state index contributed by atoms with van der Waals surface area (Å²) >= 11 is 0. The summed E-state index contributed by atoms with van der Waals surface area (Å²) in [5.74, 6) is -0.555. The highest BCUT2D eigenvalue weighted by molar-refractivity contribution is 5.85. The Kier molecular flexibility index (Phi) is 3.46. The molecule has 0 aromatic heterocycles. The average molecular weight is 278 g/mol. The molecule has 0 saturated heterocycles. The molecule has 19 heavy (non-hydrogen) atoms. The summed E-state index contributed by atoms with van der Waals surface area (Å²) in [4.78, 5) is 0. The number of hydrogen-bond acceptors (Lipinski definition) is 2. The van der Waals surface area contributed by atoms with Crippen LogP contribution in [-0.2, 0) is 0 Å². The third kappa shape index (κ3) is 3.70. The van der Waals surface area contributed by atoms with Crippen molar-refractivity contribution < 1.29 is 31.4 Å². The fraction of sp³-hybridized carbons (Fsp3) is 0.167. The van der Waals surface area contributed by atoms with Gasteiger partial charge in [0, 0.05) is 0 Å². The molecule has 2 aromatic carbocycles. The zero-order valence-corrected chi connectivity index (χ0v) is 9.25. The van der Waals surface area contributed by atoms with E-state index >= 15 is 0 Å². The zero-order chi connectivity index (χ0) is 14.0. The van der Waals surface area contributed by atoms with Crippen LogP contribution in [0.25, 0.3) is 10.8 Å². The Labute approximate surface area is 104 Å². The second-order valence-corrected chi connectivity index (χ2v) is 3.60. The summed E-state index contributed by atoms with van der Waals surface area (Å²) in [5, 5.41) is 0.885. The first kappa shape index (κ1) is 13.4. The lowest BCUT2D eigenvalue weighted by atomic mass is 10.1. The second-order valence-electron chi connectivity index (χ2n) is 3.60. The SMILES string of the molecule is FC(F)Oc1ccc2ccc(OC(F)(F)F)cc2c1. The molecule has 2 aromatic rings. The molecular formula is C12H7F5O2. The monoisotopic (exact) mass is 278 g/mol. The van der Waals surface area contributed by atoms with Gasteiger partial charge in [0.1, 0.15) is 11.5 Å². The standard InChI is InChI=1S/C12H7F5O2/c13-11(14)18-9-3-1-7-2-4-10(6-8(7)5-9)19-12(15,16)17/h1-6,11H. The molecule has 0 unspecified atom stereocenters. The van der Waals surface area contributed by atoms with Crippen LogP contribution in [0.1, 0.15) is 0 Å². The van der Waals surface area contributed by atoms with E-state index in [4.69, 9.17) is 0 Å². The Bertz CT molecular complexity index is 580. The Morgan fingerprint density at radius 3 is 2.00 bits per heavy atom. The minimum absolute atomic E-state index is 0.133. The van der Waals surface area contributed by atoms with Crippen LogP contribution in [0.3, 0.4) is 0 Å². The summed E-state index contributed by atoms with van der Waals surface area (Å²) in [5.41, 5.74) is 0. The molecule has 0 spiro atoms. The molecule has 0 heterocycles. The number of fused-ring (bicyclic) bond motifs is 1. The largest absolute Gasteiger partial charge is 0.573 e. The van der Waals surface area contributed by atoms with Crippen LogP contribution in [0.4, 0.5) is 22.0 Å². The molecule has 0 amide bonds. The van der Waals surface area contributed by atoms with Crippen LogP contribution < -0.4 is 9.47 Å². The molecule has 0 N–H and O–H groups in total. The molecular weight excluding hydrogens is 271 g/mol. The number of benzene rings is 2. The molecule has 0 aliphatic rings. The Balaban J connectivity index is 2.34. The van der Waals surface area contributed by atoms with Crippen LogP contribution in [0.5, 0.6) is 11.5 Å². The molecule has 2 rings (SSSR count). The van der Waals surface area contributed by atoms with Gasteiger partial charge < -0.3 is 9.47 Å². The number of rotatable bonds is 3. The summed E-state index contributed by atoms with van der Waals surface area (Å²) in [6.07, 6.45) is -4.80. The van der Waals surface area contributed by atoms with Crippen molar-refractivity contribution in [3.8, 4) is 11.5 Å². The van der Waals surface area contributed by atoms with Gasteiger partial charge in [0.2, 0.25) is 0 Å². The highest BCUT2D eigenvalue weighted by Crippen LogP contribution is 2.29. The van der Waals surface area contributed by atoms with Gasteiger partial charge in [-0.1, -0.05) is 12.1 Å². The predicted octanol–water partition coefficient (Wildman–Crippen LogP) is 4.34. The van der Waals surface area contributed by atoms with Crippen LogP contribution in [0.15, 0.2) is 36.4 Å². The van der Waals surface area contributed by atoms with Gasteiger partial charge in [0.05, 0.1) is 0 Å².